The fourth-order valence-electron chi connectivity index (χ4n) is 1.74. The van der Waals surface area contributed by atoms with E-state index in [1.807, 2.05) is 13.0 Å². The molecule has 0 saturated carbocycles. The van der Waals surface area contributed by atoms with Crippen molar-refractivity contribution in [3.63, 3.8) is 0 Å². The topological polar surface area (TPSA) is 32.3 Å². The second kappa shape index (κ2) is 5.57. The zero-order valence-corrected chi connectivity index (χ0v) is 11.7. The lowest BCUT2D eigenvalue weighted by Crippen LogP contribution is -2.08. The van der Waals surface area contributed by atoms with Gasteiger partial charge in [0.1, 0.15) is 17.4 Å². The molecule has 0 aliphatic heterocycles. The van der Waals surface area contributed by atoms with Crippen molar-refractivity contribution < 1.29 is 13.9 Å². The van der Waals surface area contributed by atoms with E-state index >= 15 is 0 Å². The van der Waals surface area contributed by atoms with E-state index in [0.29, 0.717) is 0 Å². The summed E-state index contributed by atoms with van der Waals surface area (Å²) in [6.07, 6.45) is 0. The van der Waals surface area contributed by atoms with Crippen LogP contribution in [-0.4, -0.2) is 5.11 Å². The number of halogens is 3. The molecule has 2 aromatic rings. The Morgan fingerprint density at radius 3 is 2.58 bits per heavy atom. The van der Waals surface area contributed by atoms with E-state index in [0.717, 1.165) is 11.6 Å². The highest BCUT2D eigenvalue weighted by Crippen LogP contribution is 2.27. The first-order valence-corrected chi connectivity index (χ1v) is 6.46. The van der Waals surface area contributed by atoms with Gasteiger partial charge in [-0.2, -0.15) is 0 Å². The standard InChI is InChI=1S/C14H12BrF2NO/c1-8(9-3-2-4-10(19)5-9)18-14-6-11(15)12(16)7-13(14)17/h2-8,18-19H,1H3. The van der Waals surface area contributed by atoms with Crippen molar-refractivity contribution in [1.29, 1.82) is 0 Å². The molecule has 0 fully saturated rings. The number of phenolic OH excluding ortho intramolecular Hbond substituents is 1. The van der Waals surface area contributed by atoms with Crippen molar-refractivity contribution in [2.75, 3.05) is 5.32 Å². The number of phenols is 1. The molecule has 0 spiro atoms. The number of rotatable bonds is 3. The Morgan fingerprint density at radius 1 is 1.16 bits per heavy atom. The average Bonchev–Trinajstić information content (AvgIpc) is 2.36. The smallest absolute Gasteiger partial charge is 0.149 e. The summed E-state index contributed by atoms with van der Waals surface area (Å²) in [5.74, 6) is -1.16. The molecule has 0 aliphatic carbocycles. The zero-order valence-electron chi connectivity index (χ0n) is 10.1. The summed E-state index contributed by atoms with van der Waals surface area (Å²) in [7, 11) is 0. The highest BCUT2D eigenvalue weighted by atomic mass is 79.9. The molecular formula is C14H12BrF2NO. The quantitative estimate of drug-likeness (QED) is 0.807. The minimum atomic E-state index is -0.660. The van der Waals surface area contributed by atoms with Gasteiger partial charge in [0.05, 0.1) is 10.2 Å². The summed E-state index contributed by atoms with van der Waals surface area (Å²) < 4.78 is 26.9. The Kier molecular flexibility index (Phi) is 4.04. The molecule has 1 atom stereocenters. The Hall–Kier alpha value is -1.62. The maximum Gasteiger partial charge on any atom is 0.149 e. The van der Waals surface area contributed by atoms with E-state index in [4.69, 9.17) is 0 Å². The van der Waals surface area contributed by atoms with Crippen LogP contribution in [0.15, 0.2) is 40.9 Å². The second-order valence-electron chi connectivity index (χ2n) is 4.21. The lowest BCUT2D eigenvalue weighted by atomic mass is 10.1. The van der Waals surface area contributed by atoms with Crippen LogP contribution < -0.4 is 5.32 Å². The van der Waals surface area contributed by atoms with Gasteiger partial charge in [-0.25, -0.2) is 8.78 Å². The number of nitrogens with one attached hydrogen (secondary N) is 1. The molecule has 19 heavy (non-hydrogen) atoms. The Bertz CT molecular complexity index is 604. The summed E-state index contributed by atoms with van der Waals surface area (Å²) in [6.45, 7) is 1.82. The van der Waals surface area contributed by atoms with Gasteiger partial charge in [0.15, 0.2) is 0 Å². The highest BCUT2D eigenvalue weighted by Gasteiger charge is 2.12. The number of aromatic hydroxyl groups is 1. The maximum absolute atomic E-state index is 13.6. The molecule has 0 bridgehead atoms. The van der Waals surface area contributed by atoms with Gasteiger partial charge in [-0.1, -0.05) is 12.1 Å². The predicted octanol–water partition coefficient (Wildman–Crippen LogP) is 4.61. The van der Waals surface area contributed by atoms with Crippen molar-refractivity contribution in [2.45, 2.75) is 13.0 Å². The first kappa shape index (κ1) is 13.8. The second-order valence-corrected chi connectivity index (χ2v) is 5.06. The van der Waals surface area contributed by atoms with Gasteiger partial charge in [-0.05, 0) is 46.6 Å². The average molecular weight is 328 g/mol. The molecule has 2 N–H and O–H groups in total. The summed E-state index contributed by atoms with van der Waals surface area (Å²) in [5.41, 5.74) is 1.00. The molecule has 0 aliphatic rings. The van der Waals surface area contributed by atoms with Gasteiger partial charge in [0, 0.05) is 12.1 Å². The third kappa shape index (κ3) is 3.23. The predicted molar refractivity (Wildman–Crippen MR) is 74.2 cm³/mol. The largest absolute Gasteiger partial charge is 0.508 e. The SMILES string of the molecule is CC(Nc1cc(Br)c(F)cc1F)c1cccc(O)c1. The molecule has 0 saturated heterocycles. The molecule has 0 heterocycles. The van der Waals surface area contributed by atoms with Gasteiger partial charge < -0.3 is 10.4 Å². The van der Waals surface area contributed by atoms with Crippen molar-refractivity contribution in [3.8, 4) is 5.75 Å². The lowest BCUT2D eigenvalue weighted by Gasteiger charge is -2.17. The van der Waals surface area contributed by atoms with Crippen LogP contribution >= 0.6 is 15.9 Å². The van der Waals surface area contributed by atoms with Crippen LogP contribution in [0.1, 0.15) is 18.5 Å². The summed E-state index contributed by atoms with van der Waals surface area (Å²) in [4.78, 5) is 0. The fourth-order valence-corrected chi connectivity index (χ4v) is 2.09. The number of hydrogen-bond donors (Lipinski definition) is 2. The number of hydrogen-bond acceptors (Lipinski definition) is 2. The molecule has 5 heteroatoms. The van der Waals surface area contributed by atoms with Crippen LogP contribution in [0.2, 0.25) is 0 Å². The van der Waals surface area contributed by atoms with Gasteiger partial charge >= 0.3 is 0 Å². The third-order valence-electron chi connectivity index (χ3n) is 2.75. The molecule has 1 unspecified atom stereocenters. The van der Waals surface area contributed by atoms with Gasteiger partial charge in [-0.15, -0.1) is 0 Å². The van der Waals surface area contributed by atoms with E-state index in [9.17, 15) is 13.9 Å². The van der Waals surface area contributed by atoms with Crippen LogP contribution in [0, 0.1) is 11.6 Å². The Labute approximate surface area is 118 Å². The van der Waals surface area contributed by atoms with Crippen molar-refractivity contribution in [3.05, 3.63) is 58.1 Å². The number of benzene rings is 2. The van der Waals surface area contributed by atoms with Crippen molar-refractivity contribution in [1.82, 2.24) is 0 Å². The van der Waals surface area contributed by atoms with E-state index < -0.39 is 11.6 Å². The van der Waals surface area contributed by atoms with Gasteiger partial charge in [-0.3, -0.25) is 0 Å². The van der Waals surface area contributed by atoms with E-state index in [1.165, 1.54) is 6.07 Å². The molecular weight excluding hydrogens is 316 g/mol. The zero-order chi connectivity index (χ0) is 14.0. The van der Waals surface area contributed by atoms with Crippen LogP contribution in [0.25, 0.3) is 0 Å². The molecule has 0 radical (unpaired) electrons. The first-order chi connectivity index (χ1) is 8.97. The Balaban J connectivity index is 2.24. The summed E-state index contributed by atoms with van der Waals surface area (Å²) in [5, 5.41) is 12.3. The lowest BCUT2D eigenvalue weighted by molar-refractivity contribution is 0.474. The van der Waals surface area contributed by atoms with Crippen LogP contribution in [-0.2, 0) is 0 Å². The summed E-state index contributed by atoms with van der Waals surface area (Å²) >= 11 is 3.02. The van der Waals surface area contributed by atoms with Gasteiger partial charge in [0.2, 0.25) is 0 Å². The van der Waals surface area contributed by atoms with E-state index in [2.05, 4.69) is 21.2 Å². The van der Waals surface area contributed by atoms with E-state index in [-0.39, 0.29) is 22.0 Å². The van der Waals surface area contributed by atoms with E-state index in [1.54, 1.807) is 18.2 Å². The highest BCUT2D eigenvalue weighted by molar-refractivity contribution is 9.10. The molecule has 2 rings (SSSR count). The van der Waals surface area contributed by atoms with Crippen LogP contribution in [0.5, 0.6) is 5.75 Å². The molecule has 0 aromatic heterocycles. The number of anilines is 1. The van der Waals surface area contributed by atoms with Crippen LogP contribution in [0.4, 0.5) is 14.5 Å². The molecule has 0 amide bonds. The Morgan fingerprint density at radius 2 is 1.89 bits per heavy atom. The van der Waals surface area contributed by atoms with Crippen LogP contribution in [0.3, 0.4) is 0 Å². The first-order valence-electron chi connectivity index (χ1n) is 5.67. The van der Waals surface area contributed by atoms with Crippen molar-refractivity contribution in [2.24, 2.45) is 0 Å². The molecule has 2 nitrogen and oxygen atoms in total. The van der Waals surface area contributed by atoms with Crippen molar-refractivity contribution >= 4 is 21.6 Å². The minimum absolute atomic E-state index is 0.145. The molecule has 2 aromatic carbocycles. The summed E-state index contributed by atoms with van der Waals surface area (Å²) in [6, 6.07) is 8.62. The third-order valence-corrected chi connectivity index (χ3v) is 3.36. The van der Waals surface area contributed by atoms with Gasteiger partial charge in [0.25, 0.3) is 0 Å². The monoisotopic (exact) mass is 327 g/mol. The maximum atomic E-state index is 13.6. The molecule has 100 valence electrons. The normalized spacial score (nSPS) is 12.2. The minimum Gasteiger partial charge on any atom is -0.508 e. The fraction of sp³-hybridized carbons (Fsp3) is 0.143.